The second-order valence-corrected chi connectivity index (χ2v) is 6.28. The molecular formula is C17H26N2O. The van der Waals surface area contributed by atoms with Crippen molar-refractivity contribution >= 4 is 5.78 Å². The van der Waals surface area contributed by atoms with Crippen LogP contribution in [-0.4, -0.2) is 55.4 Å². The summed E-state index contributed by atoms with van der Waals surface area (Å²) in [4.78, 5) is 17.1. The standard InChI is InChI=1S/C17H26N2O/c1-12-8-13(2)15(14(3)9-12)10-17(20)16-11-18(4)6-7-19(16)5/h8-9,16H,6-7,10-11H2,1-5H3. The van der Waals surface area contributed by atoms with Gasteiger partial charge in [0.1, 0.15) is 0 Å². The number of piperazine rings is 1. The minimum Gasteiger partial charge on any atom is -0.303 e. The number of benzene rings is 1. The van der Waals surface area contributed by atoms with E-state index in [0.717, 1.165) is 19.6 Å². The summed E-state index contributed by atoms with van der Waals surface area (Å²) in [5, 5.41) is 0. The highest BCUT2D eigenvalue weighted by atomic mass is 16.1. The minimum atomic E-state index is 0.0360. The smallest absolute Gasteiger partial charge is 0.155 e. The van der Waals surface area contributed by atoms with Crippen molar-refractivity contribution in [3.63, 3.8) is 0 Å². The summed E-state index contributed by atoms with van der Waals surface area (Å²) in [5.74, 6) is 0.342. The second-order valence-electron chi connectivity index (χ2n) is 6.28. The molecule has 1 saturated heterocycles. The van der Waals surface area contributed by atoms with Crippen LogP contribution in [0.4, 0.5) is 0 Å². The second kappa shape index (κ2) is 6.06. The van der Waals surface area contributed by atoms with Crippen molar-refractivity contribution in [2.24, 2.45) is 0 Å². The Bertz CT molecular complexity index is 487. The number of aryl methyl sites for hydroxylation is 3. The van der Waals surface area contributed by atoms with Crippen LogP contribution in [0, 0.1) is 20.8 Å². The number of carbonyl (C=O) groups excluding carboxylic acids is 1. The van der Waals surface area contributed by atoms with Crippen LogP contribution in [0.2, 0.25) is 0 Å². The van der Waals surface area contributed by atoms with E-state index in [2.05, 4.69) is 56.8 Å². The molecule has 1 fully saturated rings. The van der Waals surface area contributed by atoms with Gasteiger partial charge >= 0.3 is 0 Å². The largest absolute Gasteiger partial charge is 0.303 e. The van der Waals surface area contributed by atoms with Gasteiger partial charge in [-0.15, -0.1) is 0 Å². The summed E-state index contributed by atoms with van der Waals surface area (Å²) >= 11 is 0. The predicted molar refractivity (Wildman–Crippen MR) is 83.3 cm³/mol. The number of rotatable bonds is 3. The quantitative estimate of drug-likeness (QED) is 0.842. The summed E-state index contributed by atoms with van der Waals surface area (Å²) in [6.45, 7) is 9.19. The molecular weight excluding hydrogens is 248 g/mol. The van der Waals surface area contributed by atoms with E-state index in [1.807, 2.05) is 0 Å². The van der Waals surface area contributed by atoms with E-state index in [-0.39, 0.29) is 6.04 Å². The Labute approximate surface area is 122 Å². The van der Waals surface area contributed by atoms with Gasteiger partial charge in [-0.25, -0.2) is 0 Å². The van der Waals surface area contributed by atoms with E-state index in [9.17, 15) is 4.79 Å². The SMILES string of the molecule is Cc1cc(C)c(CC(=O)C2CN(C)CCN2C)c(C)c1. The van der Waals surface area contributed by atoms with Crippen LogP contribution < -0.4 is 0 Å². The number of carbonyl (C=O) groups is 1. The summed E-state index contributed by atoms with van der Waals surface area (Å²) < 4.78 is 0. The van der Waals surface area contributed by atoms with E-state index in [1.165, 1.54) is 22.3 Å². The van der Waals surface area contributed by atoms with Gasteiger partial charge in [-0.1, -0.05) is 17.7 Å². The molecule has 0 radical (unpaired) electrons. The topological polar surface area (TPSA) is 23.6 Å². The lowest BCUT2D eigenvalue weighted by atomic mass is 9.93. The van der Waals surface area contributed by atoms with Crippen molar-refractivity contribution in [3.05, 3.63) is 34.4 Å². The molecule has 20 heavy (non-hydrogen) atoms. The van der Waals surface area contributed by atoms with E-state index in [1.54, 1.807) is 0 Å². The molecule has 0 spiro atoms. The van der Waals surface area contributed by atoms with E-state index >= 15 is 0 Å². The molecule has 0 saturated carbocycles. The fourth-order valence-corrected chi connectivity index (χ4v) is 3.14. The van der Waals surface area contributed by atoms with Gasteiger partial charge in [-0.05, 0) is 51.6 Å². The van der Waals surface area contributed by atoms with Gasteiger partial charge in [-0.2, -0.15) is 0 Å². The highest BCUT2D eigenvalue weighted by molar-refractivity contribution is 5.87. The molecule has 1 aromatic rings. The van der Waals surface area contributed by atoms with Crippen LogP contribution in [0.5, 0.6) is 0 Å². The molecule has 2 rings (SSSR count). The first-order valence-electron chi connectivity index (χ1n) is 7.36. The molecule has 1 atom stereocenters. The Morgan fingerprint density at radius 2 is 1.75 bits per heavy atom. The van der Waals surface area contributed by atoms with Crippen molar-refractivity contribution in [1.29, 1.82) is 0 Å². The third-order valence-corrected chi connectivity index (χ3v) is 4.41. The summed E-state index contributed by atoms with van der Waals surface area (Å²) in [7, 11) is 4.15. The van der Waals surface area contributed by atoms with Crippen molar-refractivity contribution in [3.8, 4) is 0 Å². The fraction of sp³-hybridized carbons (Fsp3) is 0.588. The Kier molecular flexibility index (Phi) is 4.61. The monoisotopic (exact) mass is 274 g/mol. The molecule has 1 aromatic carbocycles. The molecule has 3 nitrogen and oxygen atoms in total. The molecule has 1 aliphatic rings. The zero-order valence-corrected chi connectivity index (χ0v) is 13.4. The van der Waals surface area contributed by atoms with Crippen molar-refractivity contribution < 1.29 is 4.79 Å². The molecule has 0 bridgehead atoms. The van der Waals surface area contributed by atoms with Crippen LogP contribution in [0.25, 0.3) is 0 Å². The molecule has 0 aromatic heterocycles. The molecule has 110 valence electrons. The number of ketones is 1. The molecule has 1 unspecified atom stereocenters. The van der Waals surface area contributed by atoms with Gasteiger partial charge in [0.2, 0.25) is 0 Å². The minimum absolute atomic E-state index is 0.0360. The van der Waals surface area contributed by atoms with Gasteiger partial charge < -0.3 is 4.90 Å². The van der Waals surface area contributed by atoms with Crippen LogP contribution in [0.1, 0.15) is 22.3 Å². The Morgan fingerprint density at radius 3 is 2.35 bits per heavy atom. The Hall–Kier alpha value is -1.19. The van der Waals surface area contributed by atoms with Crippen LogP contribution in [0.3, 0.4) is 0 Å². The first kappa shape index (κ1) is 15.2. The van der Waals surface area contributed by atoms with Crippen molar-refractivity contribution in [2.75, 3.05) is 33.7 Å². The number of likely N-dealkylation sites (N-methyl/N-ethyl adjacent to an activating group) is 2. The lowest BCUT2D eigenvalue weighted by Crippen LogP contribution is -2.53. The maximum absolute atomic E-state index is 12.6. The summed E-state index contributed by atoms with van der Waals surface area (Å²) in [5.41, 5.74) is 4.96. The molecule has 1 aliphatic heterocycles. The Balaban J connectivity index is 2.15. The van der Waals surface area contributed by atoms with Gasteiger partial charge in [-0.3, -0.25) is 9.69 Å². The predicted octanol–water partition coefficient (Wildman–Crippen LogP) is 1.97. The van der Waals surface area contributed by atoms with Gasteiger partial charge in [0.15, 0.2) is 5.78 Å². The molecule has 0 aliphatic carbocycles. The van der Waals surface area contributed by atoms with Crippen LogP contribution in [-0.2, 0) is 11.2 Å². The fourth-order valence-electron chi connectivity index (χ4n) is 3.14. The average Bonchev–Trinajstić information content (AvgIpc) is 2.36. The number of nitrogens with zero attached hydrogens (tertiary/aromatic N) is 2. The maximum atomic E-state index is 12.6. The molecule has 0 N–H and O–H groups in total. The highest BCUT2D eigenvalue weighted by Gasteiger charge is 2.28. The zero-order valence-electron chi connectivity index (χ0n) is 13.4. The summed E-state index contributed by atoms with van der Waals surface area (Å²) in [6.07, 6.45) is 0.556. The van der Waals surface area contributed by atoms with E-state index < -0.39 is 0 Å². The molecule has 0 amide bonds. The molecule has 1 heterocycles. The van der Waals surface area contributed by atoms with Gasteiger partial charge in [0, 0.05) is 26.1 Å². The maximum Gasteiger partial charge on any atom is 0.155 e. The Morgan fingerprint density at radius 1 is 1.15 bits per heavy atom. The highest BCUT2D eigenvalue weighted by Crippen LogP contribution is 2.19. The van der Waals surface area contributed by atoms with Gasteiger partial charge in [0.25, 0.3) is 0 Å². The third kappa shape index (κ3) is 3.28. The first-order chi connectivity index (χ1) is 9.38. The average molecular weight is 274 g/mol. The van der Waals surface area contributed by atoms with Crippen LogP contribution >= 0.6 is 0 Å². The summed E-state index contributed by atoms with van der Waals surface area (Å²) in [6, 6.07) is 4.38. The van der Waals surface area contributed by atoms with Crippen molar-refractivity contribution in [2.45, 2.75) is 33.2 Å². The van der Waals surface area contributed by atoms with Crippen LogP contribution in [0.15, 0.2) is 12.1 Å². The number of hydrogen-bond acceptors (Lipinski definition) is 3. The van der Waals surface area contributed by atoms with E-state index in [0.29, 0.717) is 12.2 Å². The lowest BCUT2D eigenvalue weighted by molar-refractivity contribution is -0.125. The third-order valence-electron chi connectivity index (χ3n) is 4.41. The van der Waals surface area contributed by atoms with Crippen molar-refractivity contribution in [1.82, 2.24) is 9.80 Å². The molecule has 3 heteroatoms. The lowest BCUT2D eigenvalue weighted by Gasteiger charge is -2.36. The number of hydrogen-bond donors (Lipinski definition) is 0. The first-order valence-corrected chi connectivity index (χ1v) is 7.36. The number of Topliss-reactive ketones (excluding diaryl/α,β-unsaturated/α-hetero) is 1. The zero-order chi connectivity index (χ0) is 14.9. The van der Waals surface area contributed by atoms with Gasteiger partial charge in [0.05, 0.1) is 6.04 Å². The normalized spacial score (nSPS) is 21.1. The van der Waals surface area contributed by atoms with E-state index in [4.69, 9.17) is 0 Å².